The van der Waals surface area contributed by atoms with Crippen LogP contribution in [0.15, 0.2) is 29.2 Å². The van der Waals surface area contributed by atoms with Crippen molar-refractivity contribution in [2.24, 2.45) is 0 Å². The molecule has 1 aromatic rings. The Kier molecular flexibility index (Phi) is 5.22. The summed E-state index contributed by atoms with van der Waals surface area (Å²) >= 11 is 1.60. The van der Waals surface area contributed by atoms with Crippen LogP contribution >= 0.6 is 11.8 Å². The van der Waals surface area contributed by atoms with Gasteiger partial charge in [0.25, 0.3) is 0 Å². The van der Waals surface area contributed by atoms with Crippen LogP contribution in [0, 0.1) is 0 Å². The number of thioether (sulfide) groups is 1. The minimum atomic E-state index is -0.203. The number of ketones is 1. The minimum Gasteiger partial charge on any atom is -0.469 e. The second-order valence-corrected chi connectivity index (χ2v) is 5.30. The van der Waals surface area contributed by atoms with Crippen molar-refractivity contribution in [3.8, 4) is 0 Å². The van der Waals surface area contributed by atoms with Crippen molar-refractivity contribution < 1.29 is 14.3 Å². The number of benzene rings is 1. The molecule has 92 valence electrons. The molecular weight excluding hydrogens is 236 g/mol. The van der Waals surface area contributed by atoms with E-state index in [0.717, 1.165) is 4.90 Å². The predicted octanol–water partition coefficient (Wildman–Crippen LogP) is 2.93. The van der Waals surface area contributed by atoms with E-state index in [-0.39, 0.29) is 17.0 Å². The van der Waals surface area contributed by atoms with Crippen LogP contribution in [0.5, 0.6) is 0 Å². The summed E-state index contributed by atoms with van der Waals surface area (Å²) in [7, 11) is 1.39. The highest BCUT2D eigenvalue weighted by Gasteiger charge is 2.10. The van der Waals surface area contributed by atoms with Crippen LogP contribution in [0.1, 0.15) is 30.6 Å². The molecule has 4 heteroatoms. The molecule has 0 saturated heterocycles. The summed E-state index contributed by atoms with van der Waals surface area (Å²) in [4.78, 5) is 23.2. The summed E-state index contributed by atoms with van der Waals surface area (Å²) < 4.78 is 4.61. The van der Waals surface area contributed by atoms with E-state index in [4.69, 9.17) is 0 Å². The second kappa shape index (κ2) is 6.45. The van der Waals surface area contributed by atoms with Gasteiger partial charge in [-0.05, 0) is 19.1 Å². The van der Waals surface area contributed by atoms with Crippen LogP contribution in [-0.2, 0) is 9.53 Å². The summed E-state index contributed by atoms with van der Waals surface area (Å²) in [5, 5.41) is 0.158. The molecule has 0 saturated carbocycles. The summed E-state index contributed by atoms with van der Waals surface area (Å²) in [6.45, 7) is 3.52. The molecule has 1 rings (SSSR count). The first-order valence-corrected chi connectivity index (χ1v) is 6.25. The van der Waals surface area contributed by atoms with Gasteiger partial charge in [-0.1, -0.05) is 19.1 Å². The molecule has 0 aromatic heterocycles. The molecule has 0 radical (unpaired) electrons. The first-order valence-electron chi connectivity index (χ1n) is 5.37. The van der Waals surface area contributed by atoms with Crippen LogP contribution in [0.25, 0.3) is 0 Å². The van der Waals surface area contributed by atoms with Gasteiger partial charge >= 0.3 is 5.97 Å². The molecule has 0 aliphatic heterocycles. The van der Waals surface area contributed by atoms with Crippen molar-refractivity contribution in [3.63, 3.8) is 0 Å². The maximum Gasteiger partial charge on any atom is 0.306 e. The molecule has 0 amide bonds. The van der Waals surface area contributed by atoms with Crippen LogP contribution in [-0.4, -0.2) is 24.1 Å². The largest absolute Gasteiger partial charge is 0.469 e. The van der Waals surface area contributed by atoms with E-state index in [9.17, 15) is 9.59 Å². The second-order valence-electron chi connectivity index (χ2n) is 3.79. The number of rotatable bonds is 5. The smallest absolute Gasteiger partial charge is 0.306 e. The van der Waals surface area contributed by atoms with Crippen LogP contribution < -0.4 is 0 Å². The van der Waals surface area contributed by atoms with Gasteiger partial charge in [-0.15, -0.1) is 11.8 Å². The Balaban J connectivity index is 2.57. The van der Waals surface area contributed by atoms with Gasteiger partial charge < -0.3 is 4.74 Å². The van der Waals surface area contributed by atoms with Gasteiger partial charge in [0.15, 0.2) is 5.78 Å². The van der Waals surface area contributed by atoms with E-state index < -0.39 is 0 Å². The Morgan fingerprint density at radius 1 is 1.29 bits per heavy atom. The molecule has 1 atom stereocenters. The lowest BCUT2D eigenvalue weighted by Gasteiger charge is -2.09. The fourth-order valence-corrected chi connectivity index (χ4v) is 2.34. The molecule has 0 fully saturated rings. The molecule has 0 spiro atoms. The van der Waals surface area contributed by atoms with E-state index in [2.05, 4.69) is 4.74 Å². The lowest BCUT2D eigenvalue weighted by Crippen LogP contribution is -2.08. The van der Waals surface area contributed by atoms with E-state index in [0.29, 0.717) is 12.0 Å². The van der Waals surface area contributed by atoms with E-state index in [1.807, 2.05) is 19.1 Å². The summed E-state index contributed by atoms with van der Waals surface area (Å²) in [5.74, 6) is -0.144. The zero-order valence-electron chi connectivity index (χ0n) is 10.2. The molecule has 0 heterocycles. The number of methoxy groups -OCH3 is 1. The number of hydrogen-bond acceptors (Lipinski definition) is 4. The van der Waals surface area contributed by atoms with Crippen molar-refractivity contribution in [1.29, 1.82) is 0 Å². The van der Waals surface area contributed by atoms with Gasteiger partial charge in [0.05, 0.1) is 13.5 Å². The molecule has 0 aliphatic carbocycles. The molecule has 0 N–H and O–H groups in total. The highest BCUT2D eigenvalue weighted by atomic mass is 32.2. The average Bonchev–Trinajstić information content (AvgIpc) is 2.29. The molecule has 0 aliphatic rings. The van der Waals surface area contributed by atoms with Gasteiger partial charge in [-0.3, -0.25) is 9.59 Å². The third-order valence-electron chi connectivity index (χ3n) is 2.28. The van der Waals surface area contributed by atoms with Crippen molar-refractivity contribution in [2.45, 2.75) is 30.4 Å². The Morgan fingerprint density at radius 3 is 2.35 bits per heavy atom. The minimum absolute atomic E-state index is 0.0594. The summed E-state index contributed by atoms with van der Waals surface area (Å²) in [6, 6.07) is 7.40. The van der Waals surface area contributed by atoms with Gasteiger partial charge in [-0.2, -0.15) is 0 Å². The molecule has 0 bridgehead atoms. The third kappa shape index (κ3) is 4.61. The van der Waals surface area contributed by atoms with Gasteiger partial charge in [0.2, 0.25) is 0 Å². The zero-order valence-corrected chi connectivity index (χ0v) is 11.0. The van der Waals surface area contributed by atoms with Crippen LogP contribution in [0.4, 0.5) is 0 Å². The SMILES string of the molecule is COC(=O)CC(C)Sc1ccc(C(C)=O)cc1. The first-order chi connectivity index (χ1) is 8.02. The van der Waals surface area contributed by atoms with E-state index in [1.165, 1.54) is 7.11 Å². The number of ether oxygens (including phenoxy) is 1. The molecule has 17 heavy (non-hydrogen) atoms. The fraction of sp³-hybridized carbons (Fsp3) is 0.385. The van der Waals surface area contributed by atoms with Gasteiger partial charge in [0, 0.05) is 15.7 Å². The summed E-state index contributed by atoms with van der Waals surface area (Å²) in [6.07, 6.45) is 0.385. The maximum absolute atomic E-state index is 11.1. The van der Waals surface area contributed by atoms with Crippen molar-refractivity contribution >= 4 is 23.5 Å². The topological polar surface area (TPSA) is 43.4 Å². The number of Topliss-reactive ketones (excluding diaryl/α,β-unsaturated/α-hetero) is 1. The van der Waals surface area contributed by atoms with E-state index in [1.54, 1.807) is 30.8 Å². The Hall–Kier alpha value is -1.29. The fourth-order valence-electron chi connectivity index (χ4n) is 1.36. The normalized spacial score (nSPS) is 11.9. The number of hydrogen-bond donors (Lipinski definition) is 0. The summed E-state index contributed by atoms with van der Waals surface area (Å²) in [5.41, 5.74) is 0.704. The highest BCUT2D eigenvalue weighted by molar-refractivity contribution is 8.00. The lowest BCUT2D eigenvalue weighted by atomic mass is 10.2. The number of carbonyl (C=O) groups is 2. The quantitative estimate of drug-likeness (QED) is 0.459. The van der Waals surface area contributed by atoms with Crippen LogP contribution in [0.3, 0.4) is 0 Å². The Morgan fingerprint density at radius 2 is 1.88 bits per heavy atom. The van der Waals surface area contributed by atoms with E-state index >= 15 is 0 Å². The van der Waals surface area contributed by atoms with Crippen molar-refractivity contribution in [1.82, 2.24) is 0 Å². The Labute approximate surface area is 106 Å². The molecular formula is C13H16O3S. The van der Waals surface area contributed by atoms with Crippen molar-refractivity contribution in [3.05, 3.63) is 29.8 Å². The number of carbonyl (C=O) groups excluding carboxylic acids is 2. The van der Waals surface area contributed by atoms with Crippen molar-refractivity contribution in [2.75, 3.05) is 7.11 Å². The monoisotopic (exact) mass is 252 g/mol. The predicted molar refractivity (Wildman–Crippen MR) is 68.4 cm³/mol. The third-order valence-corrected chi connectivity index (χ3v) is 3.39. The zero-order chi connectivity index (χ0) is 12.8. The first kappa shape index (κ1) is 13.8. The van der Waals surface area contributed by atoms with Gasteiger partial charge in [-0.25, -0.2) is 0 Å². The highest BCUT2D eigenvalue weighted by Crippen LogP contribution is 2.25. The number of esters is 1. The van der Waals surface area contributed by atoms with Crippen LogP contribution in [0.2, 0.25) is 0 Å². The standard InChI is InChI=1S/C13H16O3S/c1-9(8-13(15)16-3)17-12-6-4-11(5-7-12)10(2)14/h4-7,9H,8H2,1-3H3. The average molecular weight is 252 g/mol. The lowest BCUT2D eigenvalue weighted by molar-refractivity contribution is -0.140. The molecule has 1 aromatic carbocycles. The molecule has 3 nitrogen and oxygen atoms in total. The van der Waals surface area contributed by atoms with Gasteiger partial charge in [0.1, 0.15) is 0 Å². The Bertz CT molecular complexity index is 398. The molecule has 1 unspecified atom stereocenters. The maximum atomic E-state index is 11.1.